The van der Waals surface area contributed by atoms with Crippen molar-refractivity contribution in [3.63, 3.8) is 0 Å². The molecule has 1 aliphatic heterocycles. The molecule has 1 saturated heterocycles. The minimum absolute atomic E-state index is 0.299. The van der Waals surface area contributed by atoms with Crippen molar-refractivity contribution in [2.75, 3.05) is 6.54 Å². The number of aliphatic hydroxyl groups excluding tert-OH is 1. The molecule has 107 valence electrons. The maximum absolute atomic E-state index is 12.7. The number of nitrogens with two attached hydrogens (primary N) is 1. The number of rotatable bonds is 4. The molecule has 0 spiro atoms. The first-order valence-electron chi connectivity index (χ1n) is 6.34. The van der Waals surface area contributed by atoms with Crippen molar-refractivity contribution in [2.24, 2.45) is 5.73 Å². The van der Waals surface area contributed by atoms with Gasteiger partial charge in [0, 0.05) is 6.54 Å². The third-order valence-electron chi connectivity index (χ3n) is 3.37. The zero-order valence-corrected chi connectivity index (χ0v) is 10.8. The van der Waals surface area contributed by atoms with Crippen molar-refractivity contribution in [3.05, 3.63) is 42.1 Å². The maximum Gasteiger partial charge on any atom is 0.242 e. The van der Waals surface area contributed by atoms with E-state index in [-0.39, 0.29) is 11.7 Å². The van der Waals surface area contributed by atoms with Gasteiger partial charge in [0.15, 0.2) is 0 Å². The van der Waals surface area contributed by atoms with Crippen molar-refractivity contribution >= 4 is 11.8 Å². The number of benzene rings is 1. The zero-order valence-electron chi connectivity index (χ0n) is 10.8. The Morgan fingerprint density at radius 2 is 2.05 bits per heavy atom. The normalized spacial score (nSPS) is 22.0. The summed E-state index contributed by atoms with van der Waals surface area (Å²) in [5.74, 6) is -1.40. The van der Waals surface area contributed by atoms with E-state index < -0.39 is 18.1 Å². The number of likely N-dealkylation sites (tertiary alicyclic amines) is 1. The number of aliphatic hydroxyl groups is 1. The molecule has 2 rings (SSSR count). The van der Waals surface area contributed by atoms with E-state index in [4.69, 9.17) is 5.73 Å². The second kappa shape index (κ2) is 6.00. The Bertz CT molecular complexity index is 504. The minimum atomic E-state index is -0.966. The number of hydrogen-bond acceptors (Lipinski definition) is 3. The van der Waals surface area contributed by atoms with E-state index in [1.54, 1.807) is 12.1 Å². The highest BCUT2D eigenvalue weighted by Crippen LogP contribution is 2.19. The van der Waals surface area contributed by atoms with Crippen LogP contribution in [0, 0.1) is 12.2 Å². The average Bonchev–Trinajstić information content (AvgIpc) is 2.80. The molecular formula is C14H16FN2O3. The Labute approximate surface area is 116 Å². The van der Waals surface area contributed by atoms with Gasteiger partial charge in [-0.15, -0.1) is 0 Å². The predicted molar refractivity (Wildman–Crippen MR) is 69.7 cm³/mol. The molecule has 2 atom stereocenters. The van der Waals surface area contributed by atoms with Crippen molar-refractivity contribution in [1.29, 1.82) is 0 Å². The molecule has 1 heterocycles. The minimum Gasteiger partial charge on any atom is -0.390 e. The van der Waals surface area contributed by atoms with Gasteiger partial charge >= 0.3 is 0 Å². The number of nitrogens with zero attached hydrogens (tertiary/aromatic N) is 1. The van der Waals surface area contributed by atoms with Gasteiger partial charge in [0.25, 0.3) is 0 Å². The first-order chi connectivity index (χ1) is 9.49. The average molecular weight is 279 g/mol. The van der Waals surface area contributed by atoms with Gasteiger partial charge in [-0.05, 0) is 30.5 Å². The molecule has 0 aromatic heterocycles. The molecule has 1 aromatic rings. The van der Waals surface area contributed by atoms with Gasteiger partial charge in [-0.2, -0.15) is 0 Å². The predicted octanol–water partition coefficient (Wildman–Crippen LogP) is 0.0196. The summed E-state index contributed by atoms with van der Waals surface area (Å²) >= 11 is 0. The fourth-order valence-electron chi connectivity index (χ4n) is 2.31. The summed E-state index contributed by atoms with van der Waals surface area (Å²) in [6, 6.07) is 4.85. The molecule has 5 nitrogen and oxygen atoms in total. The summed E-state index contributed by atoms with van der Waals surface area (Å²) in [5.41, 5.74) is 5.98. The van der Waals surface area contributed by atoms with Crippen LogP contribution in [0.4, 0.5) is 4.39 Å². The monoisotopic (exact) mass is 279 g/mol. The van der Waals surface area contributed by atoms with Gasteiger partial charge in [-0.25, -0.2) is 4.39 Å². The number of carbonyl (C=O) groups excluding carboxylic acids is 2. The quantitative estimate of drug-likeness (QED) is 0.815. The Hall–Kier alpha value is -1.95. The molecule has 2 amide bonds. The molecule has 0 saturated carbocycles. The molecule has 1 radical (unpaired) electrons. The summed E-state index contributed by atoms with van der Waals surface area (Å²) in [5, 5.41) is 9.64. The lowest BCUT2D eigenvalue weighted by Crippen LogP contribution is -2.48. The largest absolute Gasteiger partial charge is 0.390 e. The Morgan fingerprint density at radius 3 is 2.65 bits per heavy atom. The molecule has 6 heteroatoms. The topological polar surface area (TPSA) is 83.6 Å². The van der Waals surface area contributed by atoms with Crippen molar-refractivity contribution in [1.82, 2.24) is 4.90 Å². The van der Waals surface area contributed by atoms with Crippen LogP contribution in [0.25, 0.3) is 0 Å². The Kier molecular flexibility index (Phi) is 4.34. The molecule has 1 unspecified atom stereocenters. The molecule has 1 aromatic carbocycles. The van der Waals surface area contributed by atoms with Crippen LogP contribution < -0.4 is 5.73 Å². The number of primary amides is 1. The standard InChI is InChI=1S/C14H16FN2O3/c15-10-4-1-9(2-5-10)3-6-12(19)17-8-7-11(18)13(17)14(16)20/h1-2,4-6,11,13,18H,3,7-8H2,(H2,16,20)/t11-,13?/m0/s1. The number of amides is 2. The molecular weight excluding hydrogens is 263 g/mol. The van der Waals surface area contributed by atoms with E-state index in [0.717, 1.165) is 5.56 Å². The SMILES string of the molecule is NC(=O)C1[C@@H](O)CCN1C(=O)[CH]Cc1ccc(F)cc1. The summed E-state index contributed by atoms with van der Waals surface area (Å²) < 4.78 is 12.7. The highest BCUT2D eigenvalue weighted by Gasteiger charge is 2.39. The van der Waals surface area contributed by atoms with Gasteiger partial charge in [-0.1, -0.05) is 12.1 Å². The van der Waals surface area contributed by atoms with Crippen molar-refractivity contribution in [2.45, 2.75) is 25.0 Å². The Balaban J connectivity index is 1.94. The lowest BCUT2D eigenvalue weighted by atomic mass is 10.1. The van der Waals surface area contributed by atoms with Gasteiger partial charge in [0.1, 0.15) is 11.9 Å². The number of halogens is 1. The van der Waals surface area contributed by atoms with Gasteiger partial charge in [0.05, 0.1) is 12.5 Å². The smallest absolute Gasteiger partial charge is 0.242 e. The Morgan fingerprint density at radius 1 is 1.40 bits per heavy atom. The van der Waals surface area contributed by atoms with Gasteiger partial charge in [-0.3, -0.25) is 9.59 Å². The van der Waals surface area contributed by atoms with Crippen LogP contribution in [0.2, 0.25) is 0 Å². The maximum atomic E-state index is 12.7. The van der Waals surface area contributed by atoms with Crippen LogP contribution >= 0.6 is 0 Å². The molecule has 0 bridgehead atoms. The fourth-order valence-corrected chi connectivity index (χ4v) is 2.31. The lowest BCUT2D eigenvalue weighted by molar-refractivity contribution is -0.136. The number of carbonyl (C=O) groups is 2. The van der Waals surface area contributed by atoms with Crippen LogP contribution in [-0.4, -0.2) is 40.5 Å². The first-order valence-corrected chi connectivity index (χ1v) is 6.34. The van der Waals surface area contributed by atoms with Gasteiger partial charge in [0.2, 0.25) is 11.8 Å². The van der Waals surface area contributed by atoms with Crippen LogP contribution in [0.5, 0.6) is 0 Å². The van der Waals surface area contributed by atoms with E-state index in [9.17, 15) is 19.1 Å². The van der Waals surface area contributed by atoms with Crippen LogP contribution in [0.1, 0.15) is 12.0 Å². The second-order valence-corrected chi connectivity index (χ2v) is 4.77. The molecule has 1 aliphatic rings. The van der Waals surface area contributed by atoms with E-state index >= 15 is 0 Å². The zero-order chi connectivity index (χ0) is 14.7. The molecule has 20 heavy (non-hydrogen) atoms. The van der Waals surface area contributed by atoms with Crippen molar-refractivity contribution in [3.8, 4) is 0 Å². The lowest BCUT2D eigenvalue weighted by Gasteiger charge is -2.23. The fraction of sp³-hybridized carbons (Fsp3) is 0.357. The van der Waals surface area contributed by atoms with Crippen LogP contribution in [0.15, 0.2) is 24.3 Å². The molecule has 1 fully saturated rings. The highest BCUT2D eigenvalue weighted by atomic mass is 19.1. The summed E-state index contributed by atoms with van der Waals surface area (Å²) in [4.78, 5) is 24.5. The highest BCUT2D eigenvalue weighted by molar-refractivity contribution is 5.91. The number of hydrogen-bond donors (Lipinski definition) is 2. The van der Waals surface area contributed by atoms with E-state index in [0.29, 0.717) is 19.4 Å². The van der Waals surface area contributed by atoms with E-state index in [2.05, 4.69) is 0 Å². The van der Waals surface area contributed by atoms with Crippen molar-refractivity contribution < 1.29 is 19.1 Å². The van der Waals surface area contributed by atoms with Crippen LogP contribution in [0.3, 0.4) is 0 Å². The third kappa shape index (κ3) is 3.14. The summed E-state index contributed by atoms with van der Waals surface area (Å²) in [7, 11) is 0. The second-order valence-electron chi connectivity index (χ2n) is 4.77. The first kappa shape index (κ1) is 14.5. The van der Waals surface area contributed by atoms with E-state index in [1.807, 2.05) is 0 Å². The molecule has 3 N–H and O–H groups in total. The third-order valence-corrected chi connectivity index (χ3v) is 3.37. The summed E-state index contributed by atoms with van der Waals surface area (Å²) in [6.07, 6.45) is 1.16. The summed E-state index contributed by atoms with van der Waals surface area (Å²) in [6.45, 7) is 0.299. The molecule has 0 aliphatic carbocycles. The van der Waals surface area contributed by atoms with Gasteiger partial charge < -0.3 is 15.7 Å². The van der Waals surface area contributed by atoms with E-state index in [1.165, 1.54) is 23.5 Å². The van der Waals surface area contributed by atoms with Crippen LogP contribution in [-0.2, 0) is 16.0 Å².